The third kappa shape index (κ3) is 4.25. The second-order valence-corrected chi connectivity index (χ2v) is 5.60. The summed E-state index contributed by atoms with van der Waals surface area (Å²) in [6, 6.07) is 3.05. The lowest BCUT2D eigenvalue weighted by Gasteiger charge is -2.14. The van der Waals surface area contributed by atoms with Crippen LogP contribution >= 0.6 is 0 Å². The summed E-state index contributed by atoms with van der Waals surface area (Å²) in [6.45, 7) is 1.62. The number of carbonyl (C=O) groups excluding carboxylic acids is 1. The Morgan fingerprint density at radius 2 is 1.81 bits per heavy atom. The number of hydrogen-bond donors (Lipinski definition) is 1. The predicted molar refractivity (Wildman–Crippen MR) is 96.2 cm³/mol. The lowest BCUT2D eigenvalue weighted by molar-refractivity contribution is 0.200. The van der Waals surface area contributed by atoms with E-state index in [9.17, 15) is 14.0 Å². The average molecular weight is 366 g/mol. The van der Waals surface area contributed by atoms with Crippen LogP contribution in [0.1, 0.15) is 19.8 Å². The van der Waals surface area contributed by atoms with Gasteiger partial charge in [0.25, 0.3) is 5.56 Å². The summed E-state index contributed by atoms with van der Waals surface area (Å²) in [4.78, 5) is 24.6. The van der Waals surface area contributed by atoms with Crippen LogP contribution in [-0.4, -0.2) is 38.1 Å². The molecule has 0 aliphatic heterocycles. The summed E-state index contributed by atoms with van der Waals surface area (Å²) in [7, 11) is 2.91. The number of benzene rings is 1. The van der Waals surface area contributed by atoms with E-state index >= 15 is 0 Å². The van der Waals surface area contributed by atoms with Gasteiger partial charge >= 0.3 is 6.09 Å². The van der Waals surface area contributed by atoms with Crippen molar-refractivity contribution in [2.24, 2.45) is 0 Å². The van der Waals surface area contributed by atoms with Gasteiger partial charge in [0.1, 0.15) is 6.67 Å². The molecule has 1 aromatic heterocycles. The molecule has 0 bridgehead atoms. The van der Waals surface area contributed by atoms with Gasteiger partial charge in [0, 0.05) is 11.9 Å². The molecule has 0 spiro atoms. The maximum atomic E-state index is 12.8. The van der Waals surface area contributed by atoms with E-state index in [1.165, 1.54) is 31.0 Å². The number of rotatable bonds is 8. The summed E-state index contributed by atoms with van der Waals surface area (Å²) in [5.41, 5.74) is -0.405. The Labute approximate surface area is 150 Å². The Morgan fingerprint density at radius 1 is 1.15 bits per heavy atom. The summed E-state index contributed by atoms with van der Waals surface area (Å²) >= 11 is 0. The van der Waals surface area contributed by atoms with Gasteiger partial charge < -0.3 is 24.1 Å². The lowest BCUT2D eigenvalue weighted by Crippen LogP contribution is -2.29. The van der Waals surface area contributed by atoms with Gasteiger partial charge in [-0.1, -0.05) is 13.3 Å². The van der Waals surface area contributed by atoms with Gasteiger partial charge in [0.15, 0.2) is 17.2 Å². The number of hydrogen-bond acceptors (Lipinski definition) is 5. The molecule has 1 N–H and O–H groups in total. The molecule has 1 amide bonds. The molecule has 0 saturated heterocycles. The Balaban J connectivity index is 2.53. The lowest BCUT2D eigenvalue weighted by atomic mass is 10.1. The highest BCUT2D eigenvalue weighted by atomic mass is 19.1. The van der Waals surface area contributed by atoms with E-state index in [0.29, 0.717) is 23.4 Å². The van der Waals surface area contributed by atoms with Crippen LogP contribution in [0.3, 0.4) is 0 Å². The van der Waals surface area contributed by atoms with Crippen LogP contribution in [0.25, 0.3) is 10.8 Å². The Kier molecular flexibility index (Phi) is 6.82. The topological polar surface area (TPSA) is 78.8 Å². The molecule has 0 atom stereocenters. The van der Waals surface area contributed by atoms with Gasteiger partial charge in [-0.3, -0.25) is 4.79 Å². The van der Waals surface area contributed by atoms with E-state index in [-0.39, 0.29) is 17.7 Å². The van der Waals surface area contributed by atoms with E-state index in [1.807, 2.05) is 6.92 Å². The number of unbranched alkanes of at least 4 members (excludes halogenated alkanes) is 1. The van der Waals surface area contributed by atoms with E-state index in [2.05, 4.69) is 5.32 Å². The highest BCUT2D eigenvalue weighted by Crippen LogP contribution is 2.34. The standard InChI is InChI=1S/C18H23FN2O5/c1-4-5-7-20-18(23)26-16-11-21(8-6-19)17(22)13-10-15(25-3)14(24-2)9-12(13)16/h9-11H,4-8H2,1-3H3,(H,20,23). The largest absolute Gasteiger partial charge is 0.493 e. The zero-order chi connectivity index (χ0) is 19.1. The predicted octanol–water partition coefficient (Wildman–Crippen LogP) is 2.88. The van der Waals surface area contributed by atoms with Crippen LogP contribution in [-0.2, 0) is 6.54 Å². The number of aryl methyl sites for hydroxylation is 1. The van der Waals surface area contributed by atoms with Gasteiger partial charge in [-0.2, -0.15) is 0 Å². The minimum absolute atomic E-state index is 0.142. The fraction of sp³-hybridized carbons (Fsp3) is 0.444. The first-order valence-electron chi connectivity index (χ1n) is 8.36. The van der Waals surface area contributed by atoms with Crippen LogP contribution < -0.4 is 25.1 Å². The Morgan fingerprint density at radius 3 is 2.38 bits per heavy atom. The SMILES string of the molecule is CCCCNC(=O)Oc1cn(CCF)c(=O)c2cc(OC)c(OC)cc12. The van der Waals surface area contributed by atoms with Crippen molar-refractivity contribution in [2.75, 3.05) is 27.4 Å². The molecule has 26 heavy (non-hydrogen) atoms. The molecule has 0 radical (unpaired) electrons. The number of pyridine rings is 1. The summed E-state index contributed by atoms with van der Waals surface area (Å²) in [5, 5.41) is 3.26. The fourth-order valence-corrected chi connectivity index (χ4v) is 2.53. The quantitative estimate of drug-likeness (QED) is 0.727. The van der Waals surface area contributed by atoms with Crippen molar-refractivity contribution in [3.05, 3.63) is 28.7 Å². The van der Waals surface area contributed by atoms with Crippen LogP contribution in [0.2, 0.25) is 0 Å². The first-order chi connectivity index (χ1) is 12.5. The number of halogens is 1. The second-order valence-electron chi connectivity index (χ2n) is 5.60. The average Bonchev–Trinajstić information content (AvgIpc) is 2.64. The summed E-state index contributed by atoms with van der Waals surface area (Å²) in [6.07, 6.45) is 2.44. The molecular formula is C18H23FN2O5. The molecule has 0 aliphatic rings. The molecule has 0 saturated carbocycles. The van der Waals surface area contributed by atoms with Crippen molar-refractivity contribution in [1.82, 2.24) is 9.88 Å². The van der Waals surface area contributed by atoms with Gasteiger partial charge in [0.2, 0.25) is 0 Å². The minimum atomic E-state index is -0.721. The smallest absolute Gasteiger partial charge is 0.412 e. The normalized spacial score (nSPS) is 10.6. The summed E-state index contributed by atoms with van der Waals surface area (Å²) in [5.74, 6) is 0.885. The molecule has 0 fully saturated rings. The monoisotopic (exact) mass is 366 g/mol. The number of amides is 1. The highest BCUT2D eigenvalue weighted by molar-refractivity contribution is 5.92. The minimum Gasteiger partial charge on any atom is -0.493 e. The van der Waals surface area contributed by atoms with Crippen molar-refractivity contribution in [1.29, 1.82) is 0 Å². The first kappa shape index (κ1) is 19.6. The molecule has 8 heteroatoms. The van der Waals surface area contributed by atoms with Crippen LogP contribution in [0, 0.1) is 0 Å². The second kappa shape index (κ2) is 9.07. The van der Waals surface area contributed by atoms with Gasteiger partial charge in [0.05, 0.1) is 32.3 Å². The van der Waals surface area contributed by atoms with Gasteiger partial charge in [-0.25, -0.2) is 9.18 Å². The zero-order valence-corrected chi connectivity index (χ0v) is 15.1. The molecule has 2 rings (SSSR count). The molecule has 2 aromatic rings. The number of carbonyl (C=O) groups is 1. The molecule has 142 valence electrons. The third-order valence-electron chi connectivity index (χ3n) is 3.88. The zero-order valence-electron chi connectivity index (χ0n) is 15.1. The van der Waals surface area contributed by atoms with Crippen molar-refractivity contribution >= 4 is 16.9 Å². The van der Waals surface area contributed by atoms with Gasteiger partial charge in [-0.15, -0.1) is 0 Å². The van der Waals surface area contributed by atoms with Crippen molar-refractivity contribution in [3.8, 4) is 17.2 Å². The van der Waals surface area contributed by atoms with Crippen LogP contribution in [0.4, 0.5) is 9.18 Å². The maximum absolute atomic E-state index is 12.8. The van der Waals surface area contributed by atoms with E-state index < -0.39 is 18.3 Å². The Hall–Kier alpha value is -2.77. The number of nitrogens with zero attached hydrogens (tertiary/aromatic N) is 1. The van der Waals surface area contributed by atoms with Crippen LogP contribution in [0.5, 0.6) is 17.2 Å². The molecular weight excluding hydrogens is 343 g/mol. The maximum Gasteiger partial charge on any atom is 0.412 e. The van der Waals surface area contributed by atoms with Crippen molar-refractivity contribution < 1.29 is 23.4 Å². The molecule has 0 aliphatic carbocycles. The molecule has 1 aromatic carbocycles. The molecule has 1 heterocycles. The van der Waals surface area contributed by atoms with E-state index in [1.54, 1.807) is 6.07 Å². The fourth-order valence-electron chi connectivity index (χ4n) is 2.53. The highest BCUT2D eigenvalue weighted by Gasteiger charge is 2.17. The Bertz CT molecular complexity index is 834. The number of fused-ring (bicyclic) bond motifs is 1. The number of nitrogens with one attached hydrogen (secondary N) is 1. The number of ether oxygens (including phenoxy) is 3. The van der Waals surface area contributed by atoms with E-state index in [0.717, 1.165) is 12.8 Å². The third-order valence-corrected chi connectivity index (χ3v) is 3.88. The van der Waals surface area contributed by atoms with Gasteiger partial charge in [-0.05, 0) is 18.6 Å². The first-order valence-corrected chi connectivity index (χ1v) is 8.36. The number of aromatic nitrogens is 1. The van der Waals surface area contributed by atoms with E-state index in [4.69, 9.17) is 14.2 Å². The summed E-state index contributed by atoms with van der Waals surface area (Å²) < 4.78 is 29.8. The van der Waals surface area contributed by atoms with Crippen LogP contribution in [0.15, 0.2) is 23.1 Å². The molecule has 7 nitrogen and oxygen atoms in total. The number of alkyl halides is 1. The molecule has 0 unspecified atom stereocenters. The van der Waals surface area contributed by atoms with Crippen molar-refractivity contribution in [3.63, 3.8) is 0 Å². The van der Waals surface area contributed by atoms with Crippen molar-refractivity contribution in [2.45, 2.75) is 26.3 Å². The number of methoxy groups -OCH3 is 2.